The summed E-state index contributed by atoms with van der Waals surface area (Å²) in [7, 11) is 0. The normalized spacial score (nSPS) is 17.8. The molecule has 0 aromatic heterocycles. The summed E-state index contributed by atoms with van der Waals surface area (Å²) in [5, 5.41) is 9.37. The summed E-state index contributed by atoms with van der Waals surface area (Å²) < 4.78 is 5.84. The van der Waals surface area contributed by atoms with E-state index in [2.05, 4.69) is 6.07 Å². The minimum absolute atomic E-state index is 0.130. The Labute approximate surface area is 149 Å². The number of benzene rings is 1. The van der Waals surface area contributed by atoms with Crippen molar-refractivity contribution >= 4 is 11.8 Å². The quantitative estimate of drug-likeness (QED) is 0.787. The van der Waals surface area contributed by atoms with Gasteiger partial charge in [-0.15, -0.1) is 0 Å². The van der Waals surface area contributed by atoms with Crippen molar-refractivity contribution in [1.82, 2.24) is 0 Å². The number of carboxylic acid groups (broad SMARTS) is 1. The zero-order chi connectivity index (χ0) is 18.0. The first-order valence-electron chi connectivity index (χ1n) is 9.48. The van der Waals surface area contributed by atoms with Crippen LogP contribution in [0.5, 0.6) is 5.75 Å². The first-order chi connectivity index (χ1) is 11.9. The Kier molecular flexibility index (Phi) is 5.16. The number of rotatable bonds is 7. The Balaban J connectivity index is 1.79. The molecule has 1 saturated carbocycles. The van der Waals surface area contributed by atoms with Crippen LogP contribution in [-0.2, 0) is 17.6 Å². The molecule has 3 rings (SSSR count). The van der Waals surface area contributed by atoms with E-state index < -0.39 is 11.6 Å². The van der Waals surface area contributed by atoms with Gasteiger partial charge in [-0.1, -0.05) is 38.2 Å². The summed E-state index contributed by atoms with van der Waals surface area (Å²) in [6.07, 6.45) is 9.90. The van der Waals surface area contributed by atoms with Crippen LogP contribution >= 0.6 is 0 Å². The molecule has 4 heteroatoms. The monoisotopic (exact) mass is 344 g/mol. The zero-order valence-corrected chi connectivity index (χ0v) is 15.3. The van der Waals surface area contributed by atoms with Gasteiger partial charge in [-0.3, -0.25) is 4.79 Å². The molecule has 0 radical (unpaired) electrons. The van der Waals surface area contributed by atoms with Gasteiger partial charge in [0.1, 0.15) is 5.75 Å². The molecule has 1 fully saturated rings. The second-order valence-electron chi connectivity index (χ2n) is 8.00. The average molecular weight is 344 g/mol. The molecule has 1 N–H and O–H groups in total. The number of ketones is 1. The standard InChI is InChI=1S/C21H28O4/c1-21(2,20(23)24)25-19-13-17-15(10-11-18(17)22)12-16(19)9-5-8-14-6-3-4-7-14/h12-14H,3-11H2,1-2H3,(H,23,24). The van der Waals surface area contributed by atoms with Gasteiger partial charge >= 0.3 is 5.97 Å². The smallest absolute Gasteiger partial charge is 0.347 e. The number of aliphatic carboxylic acids is 1. The maximum absolute atomic E-state index is 12.0. The van der Waals surface area contributed by atoms with Crippen molar-refractivity contribution in [3.8, 4) is 5.75 Å². The first kappa shape index (κ1) is 18.0. The van der Waals surface area contributed by atoms with Crippen molar-refractivity contribution in [3.05, 3.63) is 28.8 Å². The van der Waals surface area contributed by atoms with Gasteiger partial charge < -0.3 is 9.84 Å². The third-order valence-corrected chi connectivity index (χ3v) is 5.62. The molecule has 2 aliphatic carbocycles. The van der Waals surface area contributed by atoms with Crippen LogP contribution in [0, 0.1) is 5.92 Å². The predicted molar refractivity (Wildman–Crippen MR) is 96.3 cm³/mol. The van der Waals surface area contributed by atoms with Crippen LogP contribution in [0.15, 0.2) is 12.1 Å². The number of carbonyl (C=O) groups excluding carboxylic acids is 1. The molecule has 25 heavy (non-hydrogen) atoms. The fraction of sp³-hybridized carbons (Fsp3) is 0.619. The maximum Gasteiger partial charge on any atom is 0.347 e. The van der Waals surface area contributed by atoms with E-state index in [9.17, 15) is 14.7 Å². The molecule has 0 heterocycles. The van der Waals surface area contributed by atoms with Gasteiger partial charge in [0.25, 0.3) is 0 Å². The summed E-state index contributed by atoms with van der Waals surface area (Å²) in [5.74, 6) is 0.533. The lowest BCUT2D eigenvalue weighted by Crippen LogP contribution is -2.38. The van der Waals surface area contributed by atoms with Crippen LogP contribution < -0.4 is 4.74 Å². The van der Waals surface area contributed by atoms with E-state index in [1.165, 1.54) is 32.1 Å². The number of hydrogen-bond donors (Lipinski definition) is 1. The zero-order valence-electron chi connectivity index (χ0n) is 15.3. The molecule has 0 atom stereocenters. The van der Waals surface area contributed by atoms with Gasteiger partial charge in [0.05, 0.1) is 0 Å². The molecular formula is C21H28O4. The van der Waals surface area contributed by atoms with Crippen LogP contribution in [0.2, 0.25) is 0 Å². The molecule has 0 saturated heterocycles. The first-order valence-corrected chi connectivity index (χ1v) is 9.48. The number of carbonyl (C=O) groups is 2. The molecule has 0 spiro atoms. The minimum atomic E-state index is -1.31. The van der Waals surface area contributed by atoms with E-state index >= 15 is 0 Å². The van der Waals surface area contributed by atoms with E-state index in [0.717, 1.165) is 36.3 Å². The van der Waals surface area contributed by atoms with Crippen LogP contribution in [0.3, 0.4) is 0 Å². The number of ether oxygens (including phenoxy) is 1. The summed E-state index contributed by atoms with van der Waals surface area (Å²) >= 11 is 0. The highest BCUT2D eigenvalue weighted by Crippen LogP contribution is 2.34. The molecule has 2 aliphatic rings. The Morgan fingerprint density at radius 3 is 2.64 bits per heavy atom. The summed E-state index contributed by atoms with van der Waals surface area (Å²) in [5.41, 5.74) is 1.52. The van der Waals surface area contributed by atoms with Crippen LogP contribution in [-0.4, -0.2) is 22.5 Å². The highest BCUT2D eigenvalue weighted by atomic mass is 16.5. The molecule has 1 aromatic rings. The third-order valence-electron chi connectivity index (χ3n) is 5.62. The molecule has 1 aromatic carbocycles. The van der Waals surface area contributed by atoms with Crippen molar-refractivity contribution in [3.63, 3.8) is 0 Å². The van der Waals surface area contributed by atoms with Crippen LogP contribution in [0.4, 0.5) is 0 Å². The summed E-state index contributed by atoms with van der Waals surface area (Å²) in [6, 6.07) is 3.85. The largest absolute Gasteiger partial charge is 0.478 e. The topological polar surface area (TPSA) is 63.6 Å². The van der Waals surface area contributed by atoms with E-state index in [1.807, 2.05) is 0 Å². The molecule has 0 amide bonds. The Bertz CT molecular complexity index is 669. The minimum Gasteiger partial charge on any atom is -0.478 e. The molecule has 4 nitrogen and oxygen atoms in total. The summed E-state index contributed by atoms with van der Waals surface area (Å²) in [6.45, 7) is 3.10. The lowest BCUT2D eigenvalue weighted by molar-refractivity contribution is -0.152. The van der Waals surface area contributed by atoms with Gasteiger partial charge in [0.2, 0.25) is 0 Å². The van der Waals surface area contributed by atoms with Crippen molar-refractivity contribution in [1.29, 1.82) is 0 Å². The van der Waals surface area contributed by atoms with Crippen molar-refractivity contribution in [2.45, 2.75) is 77.2 Å². The van der Waals surface area contributed by atoms with Gasteiger partial charge in [-0.25, -0.2) is 4.79 Å². The number of fused-ring (bicyclic) bond motifs is 1. The SMILES string of the molecule is CC(C)(Oc1cc2c(cc1CCCC1CCCC1)CCC2=O)C(=O)O. The lowest BCUT2D eigenvalue weighted by atomic mass is 9.96. The Morgan fingerprint density at radius 1 is 1.24 bits per heavy atom. The second-order valence-corrected chi connectivity index (χ2v) is 8.00. The second kappa shape index (κ2) is 7.19. The van der Waals surface area contributed by atoms with Gasteiger partial charge in [-0.2, -0.15) is 0 Å². The number of Topliss-reactive ketones (excluding diaryl/α,β-unsaturated/α-hetero) is 1. The fourth-order valence-corrected chi connectivity index (χ4v) is 4.01. The summed E-state index contributed by atoms with van der Waals surface area (Å²) in [4.78, 5) is 23.5. The third kappa shape index (κ3) is 4.05. The van der Waals surface area contributed by atoms with E-state index in [0.29, 0.717) is 17.7 Å². The molecule has 0 aliphatic heterocycles. The molecular weight excluding hydrogens is 316 g/mol. The Hall–Kier alpha value is -1.84. The number of carboxylic acids is 1. The van der Waals surface area contributed by atoms with Crippen LogP contribution in [0.1, 0.15) is 80.3 Å². The number of hydrogen-bond acceptors (Lipinski definition) is 3. The van der Waals surface area contributed by atoms with E-state index in [-0.39, 0.29) is 5.78 Å². The van der Waals surface area contributed by atoms with Crippen molar-refractivity contribution in [2.24, 2.45) is 5.92 Å². The van der Waals surface area contributed by atoms with Gasteiger partial charge in [-0.05, 0) is 56.2 Å². The number of aryl methyl sites for hydroxylation is 2. The molecule has 136 valence electrons. The highest BCUT2D eigenvalue weighted by molar-refractivity contribution is 6.01. The van der Waals surface area contributed by atoms with E-state index in [4.69, 9.17) is 4.74 Å². The predicted octanol–water partition coefficient (Wildman–Crippen LogP) is 4.57. The van der Waals surface area contributed by atoms with E-state index in [1.54, 1.807) is 19.9 Å². The lowest BCUT2D eigenvalue weighted by Gasteiger charge is -2.24. The van der Waals surface area contributed by atoms with Crippen molar-refractivity contribution in [2.75, 3.05) is 0 Å². The highest BCUT2D eigenvalue weighted by Gasteiger charge is 2.31. The fourth-order valence-electron chi connectivity index (χ4n) is 4.01. The van der Waals surface area contributed by atoms with Gasteiger partial charge in [0, 0.05) is 12.0 Å². The average Bonchev–Trinajstić information content (AvgIpc) is 3.18. The maximum atomic E-state index is 12.0. The molecule has 0 unspecified atom stereocenters. The Morgan fingerprint density at radius 2 is 1.96 bits per heavy atom. The van der Waals surface area contributed by atoms with Gasteiger partial charge in [0.15, 0.2) is 11.4 Å². The van der Waals surface area contributed by atoms with Crippen LogP contribution in [0.25, 0.3) is 0 Å². The molecule has 0 bridgehead atoms. The van der Waals surface area contributed by atoms with Crippen molar-refractivity contribution < 1.29 is 19.4 Å².